The van der Waals surface area contributed by atoms with E-state index in [4.69, 9.17) is 9.84 Å². The number of hydrogen-bond acceptors (Lipinski definition) is 4. The van der Waals surface area contributed by atoms with Crippen LogP contribution in [0.25, 0.3) is 0 Å². The molecule has 1 aromatic rings. The van der Waals surface area contributed by atoms with Gasteiger partial charge in [0.1, 0.15) is 5.69 Å². The molecule has 0 saturated heterocycles. The average Bonchev–Trinajstić information content (AvgIpc) is 2.82. The second-order valence-electron chi connectivity index (χ2n) is 5.08. The lowest BCUT2D eigenvalue weighted by atomic mass is 10.0. The van der Waals surface area contributed by atoms with Crippen molar-refractivity contribution in [1.29, 1.82) is 0 Å². The summed E-state index contributed by atoms with van der Waals surface area (Å²) in [7, 11) is 0. The predicted octanol–water partition coefficient (Wildman–Crippen LogP) is 1.47. The van der Waals surface area contributed by atoms with Gasteiger partial charge in [0.05, 0.1) is 13.2 Å². The van der Waals surface area contributed by atoms with Crippen LogP contribution in [0.3, 0.4) is 0 Å². The Labute approximate surface area is 134 Å². The SMILES string of the molecule is C=CCOCC(NC(=O)c1[nH]c(C)c(C(C)=O)c1CC)C(=O)O. The van der Waals surface area contributed by atoms with E-state index in [1.54, 1.807) is 6.92 Å². The van der Waals surface area contributed by atoms with Crippen LogP contribution in [-0.2, 0) is 16.0 Å². The summed E-state index contributed by atoms with van der Waals surface area (Å²) in [5, 5.41) is 11.6. The number of carboxylic acid groups (broad SMARTS) is 1. The van der Waals surface area contributed by atoms with Crippen LogP contribution in [0, 0.1) is 6.92 Å². The number of rotatable bonds is 9. The van der Waals surface area contributed by atoms with E-state index in [1.165, 1.54) is 13.0 Å². The first-order valence-electron chi connectivity index (χ1n) is 7.28. The third-order valence-corrected chi connectivity index (χ3v) is 3.35. The number of amides is 1. The molecule has 7 heteroatoms. The van der Waals surface area contributed by atoms with E-state index in [0.717, 1.165) is 0 Å². The van der Waals surface area contributed by atoms with Crippen molar-refractivity contribution in [2.45, 2.75) is 33.2 Å². The van der Waals surface area contributed by atoms with E-state index in [9.17, 15) is 14.4 Å². The zero-order valence-electron chi connectivity index (χ0n) is 13.6. The normalized spacial score (nSPS) is 11.8. The monoisotopic (exact) mass is 322 g/mol. The zero-order valence-corrected chi connectivity index (χ0v) is 13.6. The summed E-state index contributed by atoms with van der Waals surface area (Å²) in [4.78, 5) is 38.2. The maximum absolute atomic E-state index is 12.4. The van der Waals surface area contributed by atoms with Crippen LogP contribution in [0.2, 0.25) is 0 Å². The molecule has 1 atom stereocenters. The molecule has 0 saturated carbocycles. The number of ether oxygens (including phenoxy) is 1. The summed E-state index contributed by atoms with van der Waals surface area (Å²) < 4.78 is 5.09. The maximum atomic E-state index is 12.4. The smallest absolute Gasteiger partial charge is 0.328 e. The highest BCUT2D eigenvalue weighted by Gasteiger charge is 2.26. The lowest BCUT2D eigenvalue weighted by molar-refractivity contribution is -0.140. The van der Waals surface area contributed by atoms with Gasteiger partial charge in [0.25, 0.3) is 5.91 Å². The lowest BCUT2D eigenvalue weighted by Crippen LogP contribution is -2.44. The first-order valence-corrected chi connectivity index (χ1v) is 7.28. The van der Waals surface area contributed by atoms with Gasteiger partial charge in [-0.15, -0.1) is 6.58 Å². The van der Waals surface area contributed by atoms with Gasteiger partial charge in [-0.1, -0.05) is 13.0 Å². The molecular formula is C16H22N2O5. The summed E-state index contributed by atoms with van der Waals surface area (Å²) in [6.07, 6.45) is 1.97. The van der Waals surface area contributed by atoms with Gasteiger partial charge in [0.15, 0.2) is 11.8 Å². The van der Waals surface area contributed by atoms with E-state index in [2.05, 4.69) is 16.9 Å². The fraction of sp³-hybridized carbons (Fsp3) is 0.438. The van der Waals surface area contributed by atoms with Crippen LogP contribution in [0.15, 0.2) is 12.7 Å². The van der Waals surface area contributed by atoms with E-state index >= 15 is 0 Å². The van der Waals surface area contributed by atoms with Crippen LogP contribution >= 0.6 is 0 Å². The molecule has 126 valence electrons. The molecule has 0 aliphatic carbocycles. The highest BCUT2D eigenvalue weighted by molar-refractivity contribution is 6.03. The van der Waals surface area contributed by atoms with Crippen molar-refractivity contribution in [2.24, 2.45) is 0 Å². The molecule has 0 aromatic carbocycles. The van der Waals surface area contributed by atoms with Crippen molar-refractivity contribution in [1.82, 2.24) is 10.3 Å². The Balaban J connectivity index is 3.00. The molecule has 0 radical (unpaired) electrons. The van der Waals surface area contributed by atoms with Gasteiger partial charge >= 0.3 is 5.97 Å². The number of H-pyrrole nitrogens is 1. The Bertz CT molecular complexity index is 618. The Morgan fingerprint density at radius 3 is 2.57 bits per heavy atom. The topological polar surface area (TPSA) is 108 Å². The summed E-state index contributed by atoms with van der Waals surface area (Å²) in [5.74, 6) is -1.92. The summed E-state index contributed by atoms with van der Waals surface area (Å²) in [6, 6.07) is -1.18. The molecule has 0 aliphatic rings. The van der Waals surface area contributed by atoms with Gasteiger partial charge in [-0.2, -0.15) is 0 Å². The first-order chi connectivity index (χ1) is 10.8. The van der Waals surface area contributed by atoms with E-state index < -0.39 is 17.9 Å². The van der Waals surface area contributed by atoms with E-state index in [0.29, 0.717) is 23.2 Å². The Morgan fingerprint density at radius 2 is 2.09 bits per heavy atom. The minimum absolute atomic E-state index is 0.140. The number of aliphatic carboxylic acids is 1. The fourth-order valence-electron chi connectivity index (χ4n) is 2.38. The summed E-state index contributed by atoms with van der Waals surface area (Å²) in [6.45, 7) is 8.44. The molecule has 0 aliphatic heterocycles. The molecule has 1 heterocycles. The second kappa shape index (κ2) is 8.28. The number of aryl methyl sites for hydroxylation is 1. The number of carbonyl (C=O) groups is 3. The molecule has 1 unspecified atom stereocenters. The molecule has 0 bridgehead atoms. The first kappa shape index (κ1) is 18.6. The molecule has 0 fully saturated rings. The number of carboxylic acids is 1. The molecule has 7 nitrogen and oxygen atoms in total. The molecule has 1 aromatic heterocycles. The van der Waals surface area contributed by atoms with Crippen LogP contribution in [0.1, 0.15) is 46.0 Å². The Kier molecular flexibility index (Phi) is 6.71. The third kappa shape index (κ3) is 4.53. The number of aromatic nitrogens is 1. The number of ketones is 1. The number of carbonyl (C=O) groups excluding carboxylic acids is 2. The van der Waals surface area contributed by atoms with Gasteiger partial charge in [-0.25, -0.2) is 4.79 Å². The fourth-order valence-corrected chi connectivity index (χ4v) is 2.38. The third-order valence-electron chi connectivity index (χ3n) is 3.35. The predicted molar refractivity (Wildman–Crippen MR) is 84.8 cm³/mol. The summed E-state index contributed by atoms with van der Waals surface area (Å²) in [5.41, 5.74) is 1.87. The van der Waals surface area contributed by atoms with Crippen LogP contribution in [0.4, 0.5) is 0 Å². The summed E-state index contributed by atoms with van der Waals surface area (Å²) >= 11 is 0. The minimum Gasteiger partial charge on any atom is -0.480 e. The maximum Gasteiger partial charge on any atom is 0.328 e. The molecular weight excluding hydrogens is 300 g/mol. The molecule has 1 amide bonds. The van der Waals surface area contributed by atoms with Crippen molar-refractivity contribution in [3.63, 3.8) is 0 Å². The van der Waals surface area contributed by atoms with Crippen molar-refractivity contribution in [3.8, 4) is 0 Å². The van der Waals surface area contributed by atoms with Gasteiger partial charge in [0, 0.05) is 11.3 Å². The van der Waals surface area contributed by atoms with Crippen LogP contribution in [-0.4, -0.2) is 47.0 Å². The lowest BCUT2D eigenvalue weighted by Gasteiger charge is -2.14. The van der Waals surface area contributed by atoms with Crippen molar-refractivity contribution >= 4 is 17.7 Å². The Hall–Kier alpha value is -2.41. The van der Waals surface area contributed by atoms with Gasteiger partial charge in [0.2, 0.25) is 0 Å². The van der Waals surface area contributed by atoms with Crippen molar-refractivity contribution in [2.75, 3.05) is 13.2 Å². The van der Waals surface area contributed by atoms with E-state index in [1.807, 2.05) is 6.92 Å². The average molecular weight is 322 g/mol. The van der Waals surface area contributed by atoms with Gasteiger partial charge < -0.3 is 20.1 Å². The quantitative estimate of drug-likeness (QED) is 0.362. The highest BCUT2D eigenvalue weighted by Crippen LogP contribution is 2.20. The number of nitrogens with one attached hydrogen (secondary N) is 2. The van der Waals surface area contributed by atoms with E-state index in [-0.39, 0.29) is 24.7 Å². The van der Waals surface area contributed by atoms with Crippen molar-refractivity contribution < 1.29 is 24.2 Å². The van der Waals surface area contributed by atoms with Crippen LogP contribution in [0.5, 0.6) is 0 Å². The second-order valence-corrected chi connectivity index (χ2v) is 5.08. The number of aromatic amines is 1. The Morgan fingerprint density at radius 1 is 1.43 bits per heavy atom. The van der Waals surface area contributed by atoms with Crippen LogP contribution < -0.4 is 5.32 Å². The standard InChI is InChI=1S/C16H22N2O5/c1-5-7-23-8-12(16(21)22)18-15(20)14-11(6-2)13(10(4)19)9(3)17-14/h5,12,17H,1,6-8H2,2-4H3,(H,18,20)(H,21,22). The zero-order chi connectivity index (χ0) is 17.6. The number of Topliss-reactive ketones (excluding diaryl/α,β-unsaturated/α-hetero) is 1. The molecule has 0 spiro atoms. The van der Waals surface area contributed by atoms with Crippen molar-refractivity contribution in [3.05, 3.63) is 35.2 Å². The molecule has 3 N–H and O–H groups in total. The molecule has 1 rings (SSSR count). The van der Waals surface area contributed by atoms with Gasteiger partial charge in [-0.3, -0.25) is 9.59 Å². The molecule has 23 heavy (non-hydrogen) atoms. The number of hydrogen-bond donors (Lipinski definition) is 3. The minimum atomic E-state index is -1.20. The highest BCUT2D eigenvalue weighted by atomic mass is 16.5. The van der Waals surface area contributed by atoms with Gasteiger partial charge in [-0.05, 0) is 25.8 Å². The largest absolute Gasteiger partial charge is 0.480 e.